The van der Waals surface area contributed by atoms with Crippen LogP contribution in [0.5, 0.6) is 5.75 Å². The van der Waals surface area contributed by atoms with Gasteiger partial charge < -0.3 is 24.0 Å². The lowest BCUT2D eigenvalue weighted by molar-refractivity contribution is 0.0240. The summed E-state index contributed by atoms with van der Waals surface area (Å²) in [6, 6.07) is 6.79. The van der Waals surface area contributed by atoms with E-state index in [9.17, 15) is 9.59 Å². The van der Waals surface area contributed by atoms with Crippen molar-refractivity contribution in [3.63, 3.8) is 0 Å². The van der Waals surface area contributed by atoms with Gasteiger partial charge in [-0.25, -0.2) is 14.6 Å². The molecule has 1 aliphatic heterocycles. The number of piperazine rings is 1. The summed E-state index contributed by atoms with van der Waals surface area (Å²) in [5.41, 5.74) is 0.825. The summed E-state index contributed by atoms with van der Waals surface area (Å²) in [4.78, 5) is 32.2. The van der Waals surface area contributed by atoms with Crippen LogP contribution >= 0.6 is 11.3 Å². The molecular formula is C21H27N3O5S. The molecule has 0 saturated carbocycles. The molecule has 8 nitrogen and oxygen atoms in total. The van der Waals surface area contributed by atoms with E-state index in [0.717, 1.165) is 10.8 Å². The third kappa shape index (κ3) is 5.85. The number of hydrogen-bond acceptors (Lipinski definition) is 8. The molecule has 0 radical (unpaired) electrons. The van der Waals surface area contributed by atoms with Crippen LogP contribution in [-0.2, 0) is 16.1 Å². The minimum absolute atomic E-state index is 0.270. The summed E-state index contributed by atoms with van der Waals surface area (Å²) < 4.78 is 15.9. The van der Waals surface area contributed by atoms with Crippen LogP contribution in [0.25, 0.3) is 0 Å². The number of anilines is 1. The zero-order valence-corrected chi connectivity index (χ0v) is 18.5. The first-order valence-corrected chi connectivity index (χ1v) is 10.6. The lowest BCUT2D eigenvalue weighted by Gasteiger charge is -2.35. The van der Waals surface area contributed by atoms with E-state index in [-0.39, 0.29) is 12.1 Å². The molecule has 2 heterocycles. The van der Waals surface area contributed by atoms with E-state index in [1.165, 1.54) is 7.11 Å². The fraction of sp³-hybridized carbons (Fsp3) is 0.476. The number of carbonyl (C=O) groups excluding carboxylic acids is 2. The fourth-order valence-electron chi connectivity index (χ4n) is 2.88. The molecule has 1 saturated heterocycles. The first-order chi connectivity index (χ1) is 14.2. The van der Waals surface area contributed by atoms with E-state index in [2.05, 4.69) is 14.6 Å². The van der Waals surface area contributed by atoms with Crippen molar-refractivity contribution in [2.45, 2.75) is 33.0 Å². The van der Waals surface area contributed by atoms with Crippen molar-refractivity contribution >= 4 is 28.5 Å². The second kappa shape index (κ2) is 9.34. The monoisotopic (exact) mass is 433 g/mol. The maximum Gasteiger partial charge on any atom is 0.410 e. The van der Waals surface area contributed by atoms with Crippen LogP contribution in [0.4, 0.5) is 9.93 Å². The van der Waals surface area contributed by atoms with Crippen LogP contribution in [0.1, 0.15) is 36.8 Å². The predicted octanol–water partition coefficient (Wildman–Crippen LogP) is 3.57. The van der Waals surface area contributed by atoms with Gasteiger partial charge in [0, 0.05) is 31.6 Å². The number of esters is 1. The summed E-state index contributed by atoms with van der Waals surface area (Å²) in [5, 5.41) is 2.89. The zero-order chi connectivity index (χ0) is 21.7. The van der Waals surface area contributed by atoms with E-state index in [4.69, 9.17) is 9.47 Å². The second-order valence-corrected chi connectivity index (χ2v) is 8.72. The normalized spacial score (nSPS) is 14.4. The molecule has 0 N–H and O–H groups in total. The van der Waals surface area contributed by atoms with E-state index >= 15 is 0 Å². The second-order valence-electron chi connectivity index (χ2n) is 7.88. The average molecular weight is 434 g/mol. The average Bonchev–Trinajstić information content (AvgIpc) is 3.20. The number of thiazole rings is 1. The molecule has 2 aromatic rings. The summed E-state index contributed by atoms with van der Waals surface area (Å²) in [6.45, 7) is 8.57. The van der Waals surface area contributed by atoms with Crippen molar-refractivity contribution in [1.82, 2.24) is 9.88 Å². The molecule has 1 aliphatic rings. The van der Waals surface area contributed by atoms with E-state index in [1.807, 2.05) is 26.2 Å². The minimum atomic E-state index is -0.488. The van der Waals surface area contributed by atoms with Crippen molar-refractivity contribution in [3.8, 4) is 5.75 Å². The largest absolute Gasteiger partial charge is 0.487 e. The van der Waals surface area contributed by atoms with Gasteiger partial charge >= 0.3 is 12.1 Å². The molecule has 1 fully saturated rings. The highest BCUT2D eigenvalue weighted by atomic mass is 32.1. The topological polar surface area (TPSA) is 81.2 Å². The summed E-state index contributed by atoms with van der Waals surface area (Å²) in [5.74, 6) is 0.278. The molecule has 0 spiro atoms. The third-order valence-electron chi connectivity index (χ3n) is 4.40. The van der Waals surface area contributed by atoms with E-state index in [0.29, 0.717) is 44.1 Å². The molecule has 0 atom stereocenters. The minimum Gasteiger partial charge on any atom is -0.487 e. The van der Waals surface area contributed by atoms with Gasteiger partial charge in [0.1, 0.15) is 18.0 Å². The summed E-state index contributed by atoms with van der Waals surface area (Å²) >= 11 is 1.56. The first-order valence-electron chi connectivity index (χ1n) is 9.73. The maximum absolute atomic E-state index is 12.2. The number of ether oxygens (including phenoxy) is 3. The summed E-state index contributed by atoms with van der Waals surface area (Å²) in [7, 11) is 1.35. The number of hydrogen-bond donors (Lipinski definition) is 0. The van der Waals surface area contributed by atoms with Gasteiger partial charge in [-0.2, -0.15) is 0 Å². The molecule has 0 bridgehead atoms. The Morgan fingerprint density at radius 2 is 1.77 bits per heavy atom. The Hall–Kier alpha value is -2.81. The van der Waals surface area contributed by atoms with Crippen molar-refractivity contribution in [3.05, 3.63) is 40.9 Å². The Morgan fingerprint density at radius 3 is 2.37 bits per heavy atom. The molecule has 1 aromatic carbocycles. The molecule has 30 heavy (non-hydrogen) atoms. The molecule has 0 aliphatic carbocycles. The van der Waals surface area contributed by atoms with Gasteiger partial charge in [0.05, 0.1) is 18.4 Å². The maximum atomic E-state index is 12.2. The van der Waals surface area contributed by atoms with Crippen LogP contribution in [-0.4, -0.2) is 60.8 Å². The SMILES string of the molecule is COC(=O)c1ccc(OCc2csc(N3CCN(C(=O)OC(C)(C)C)CC3)n2)cc1. The fourth-order valence-corrected chi connectivity index (χ4v) is 3.74. The van der Waals surface area contributed by atoms with Crippen LogP contribution in [0.2, 0.25) is 0 Å². The van der Waals surface area contributed by atoms with Crippen molar-refractivity contribution in [2.75, 3.05) is 38.2 Å². The molecule has 162 valence electrons. The van der Waals surface area contributed by atoms with Crippen LogP contribution in [0.15, 0.2) is 29.6 Å². The lowest BCUT2D eigenvalue weighted by atomic mass is 10.2. The molecule has 3 rings (SSSR count). The van der Waals surface area contributed by atoms with Gasteiger partial charge in [-0.1, -0.05) is 0 Å². The number of methoxy groups -OCH3 is 1. The molecule has 1 aromatic heterocycles. The number of benzene rings is 1. The molecular weight excluding hydrogens is 406 g/mol. The van der Waals surface area contributed by atoms with Gasteiger partial charge in [0.2, 0.25) is 0 Å². The van der Waals surface area contributed by atoms with Crippen molar-refractivity contribution < 1.29 is 23.8 Å². The quantitative estimate of drug-likeness (QED) is 0.667. The van der Waals surface area contributed by atoms with Crippen LogP contribution in [0, 0.1) is 0 Å². The number of nitrogens with zero attached hydrogens (tertiary/aromatic N) is 3. The highest BCUT2D eigenvalue weighted by molar-refractivity contribution is 7.13. The molecule has 0 unspecified atom stereocenters. The van der Waals surface area contributed by atoms with Crippen molar-refractivity contribution in [1.29, 1.82) is 0 Å². The standard InChI is InChI=1S/C21H27N3O5S/c1-21(2,3)29-20(26)24-11-9-23(10-12-24)19-22-16(14-30-19)13-28-17-7-5-15(6-8-17)18(25)27-4/h5-8,14H,9-13H2,1-4H3. The zero-order valence-electron chi connectivity index (χ0n) is 17.7. The van der Waals surface area contributed by atoms with Crippen LogP contribution in [0.3, 0.4) is 0 Å². The summed E-state index contributed by atoms with van der Waals surface area (Å²) in [6.07, 6.45) is -0.270. The lowest BCUT2D eigenvalue weighted by Crippen LogP contribution is -2.50. The van der Waals surface area contributed by atoms with Gasteiger partial charge in [0.25, 0.3) is 0 Å². The van der Waals surface area contributed by atoms with Crippen molar-refractivity contribution in [2.24, 2.45) is 0 Å². The third-order valence-corrected chi connectivity index (χ3v) is 5.35. The highest BCUT2D eigenvalue weighted by Gasteiger charge is 2.26. The number of amides is 1. The molecule has 1 amide bonds. The van der Waals surface area contributed by atoms with Crippen LogP contribution < -0.4 is 9.64 Å². The highest BCUT2D eigenvalue weighted by Crippen LogP contribution is 2.24. The van der Waals surface area contributed by atoms with E-state index in [1.54, 1.807) is 40.5 Å². The Balaban J connectivity index is 1.48. The van der Waals surface area contributed by atoms with Gasteiger partial charge in [-0.05, 0) is 45.0 Å². The van der Waals surface area contributed by atoms with E-state index < -0.39 is 5.60 Å². The molecule has 9 heteroatoms. The van der Waals surface area contributed by atoms with Gasteiger partial charge in [0.15, 0.2) is 5.13 Å². The van der Waals surface area contributed by atoms with Gasteiger partial charge in [-0.15, -0.1) is 11.3 Å². The Labute approximate surface area is 180 Å². The Kier molecular flexibility index (Phi) is 6.81. The first kappa shape index (κ1) is 21.9. The predicted molar refractivity (Wildman–Crippen MR) is 114 cm³/mol. The smallest absolute Gasteiger partial charge is 0.410 e. The van der Waals surface area contributed by atoms with Gasteiger partial charge in [-0.3, -0.25) is 0 Å². The number of aromatic nitrogens is 1. The Morgan fingerprint density at radius 1 is 1.10 bits per heavy atom. The number of carbonyl (C=O) groups is 2. The number of rotatable bonds is 5. The Bertz CT molecular complexity index is 868.